The third-order valence-electron chi connectivity index (χ3n) is 3.80. The van der Waals surface area contributed by atoms with Gasteiger partial charge in [0.15, 0.2) is 0 Å². The average molecular weight is 339 g/mol. The van der Waals surface area contributed by atoms with Crippen molar-refractivity contribution in [1.29, 1.82) is 0 Å². The first-order chi connectivity index (χ1) is 12.4. The molecule has 3 aromatic heterocycles. The number of rotatable bonds is 5. The molecule has 0 bridgehead atoms. The average Bonchev–Trinajstić information content (AvgIpc) is 3.17. The lowest BCUT2D eigenvalue weighted by Gasteiger charge is -2.27. The standard InChI is InChI=1S/C16H17N7O2/c1-2-12(9-17-3-1)16-21-15(25-22-16)10-18-13-8-14(20-11-19-13)23-4-6-24-7-5-23/h1-3,8-9,11H,4-7,10H2,(H,18,19,20). The number of aromatic nitrogens is 5. The van der Waals surface area contributed by atoms with Gasteiger partial charge in [0.1, 0.15) is 18.0 Å². The van der Waals surface area contributed by atoms with Gasteiger partial charge in [0.2, 0.25) is 11.7 Å². The topological polar surface area (TPSA) is 102 Å². The van der Waals surface area contributed by atoms with Gasteiger partial charge in [-0.2, -0.15) is 4.98 Å². The van der Waals surface area contributed by atoms with Crippen molar-refractivity contribution in [2.24, 2.45) is 0 Å². The van der Waals surface area contributed by atoms with Crippen LogP contribution >= 0.6 is 0 Å². The highest BCUT2D eigenvalue weighted by atomic mass is 16.5. The smallest absolute Gasteiger partial charge is 0.246 e. The summed E-state index contributed by atoms with van der Waals surface area (Å²) in [4.78, 5) is 19.1. The molecule has 4 heterocycles. The van der Waals surface area contributed by atoms with E-state index in [1.165, 1.54) is 0 Å². The number of hydrogen-bond donors (Lipinski definition) is 1. The largest absolute Gasteiger partial charge is 0.378 e. The van der Waals surface area contributed by atoms with E-state index in [1.807, 2.05) is 18.2 Å². The summed E-state index contributed by atoms with van der Waals surface area (Å²) in [5, 5.41) is 7.15. The van der Waals surface area contributed by atoms with Crippen molar-refractivity contribution in [2.75, 3.05) is 36.5 Å². The maximum Gasteiger partial charge on any atom is 0.246 e. The Bertz CT molecular complexity index is 818. The fourth-order valence-electron chi connectivity index (χ4n) is 2.51. The Hall–Kier alpha value is -3.07. The molecule has 0 spiro atoms. The molecular formula is C16H17N7O2. The third kappa shape index (κ3) is 3.72. The van der Waals surface area contributed by atoms with Crippen LogP contribution in [-0.2, 0) is 11.3 Å². The quantitative estimate of drug-likeness (QED) is 0.738. The van der Waals surface area contributed by atoms with Crippen LogP contribution in [0.3, 0.4) is 0 Å². The predicted molar refractivity (Wildman–Crippen MR) is 89.9 cm³/mol. The molecule has 9 nitrogen and oxygen atoms in total. The molecule has 4 rings (SSSR count). The van der Waals surface area contributed by atoms with Gasteiger partial charge >= 0.3 is 0 Å². The zero-order valence-electron chi connectivity index (χ0n) is 13.5. The van der Waals surface area contributed by atoms with E-state index in [9.17, 15) is 0 Å². The molecule has 25 heavy (non-hydrogen) atoms. The van der Waals surface area contributed by atoms with Crippen LogP contribution in [0, 0.1) is 0 Å². The zero-order valence-corrected chi connectivity index (χ0v) is 13.5. The minimum atomic E-state index is 0.382. The summed E-state index contributed by atoms with van der Waals surface area (Å²) in [6.07, 6.45) is 4.94. The summed E-state index contributed by atoms with van der Waals surface area (Å²) >= 11 is 0. The first-order valence-corrected chi connectivity index (χ1v) is 8.00. The van der Waals surface area contributed by atoms with E-state index < -0.39 is 0 Å². The molecule has 0 amide bonds. The van der Waals surface area contributed by atoms with Crippen molar-refractivity contribution in [3.8, 4) is 11.4 Å². The van der Waals surface area contributed by atoms with Crippen molar-refractivity contribution < 1.29 is 9.26 Å². The SMILES string of the molecule is c1cncc(-c2noc(CNc3cc(N4CCOCC4)ncn3)n2)c1. The normalized spacial score (nSPS) is 14.5. The van der Waals surface area contributed by atoms with Crippen LogP contribution in [0.15, 0.2) is 41.4 Å². The molecule has 1 fully saturated rings. The molecular weight excluding hydrogens is 322 g/mol. The summed E-state index contributed by atoms with van der Waals surface area (Å²) in [6, 6.07) is 5.62. The van der Waals surface area contributed by atoms with Crippen LogP contribution in [-0.4, -0.2) is 51.4 Å². The number of ether oxygens (including phenoxy) is 1. The summed E-state index contributed by atoms with van der Waals surface area (Å²) in [5.74, 6) is 2.58. The molecule has 1 aliphatic rings. The van der Waals surface area contributed by atoms with Crippen LogP contribution in [0.25, 0.3) is 11.4 Å². The number of morpholine rings is 1. The van der Waals surface area contributed by atoms with Gasteiger partial charge in [0.05, 0.1) is 19.8 Å². The molecule has 128 valence electrons. The highest BCUT2D eigenvalue weighted by molar-refractivity contribution is 5.52. The molecule has 3 aromatic rings. The molecule has 9 heteroatoms. The van der Waals surface area contributed by atoms with E-state index in [0.29, 0.717) is 37.3 Å². The Labute approximate surface area is 144 Å². The third-order valence-corrected chi connectivity index (χ3v) is 3.80. The molecule has 0 aliphatic carbocycles. The maximum absolute atomic E-state index is 5.36. The van der Waals surface area contributed by atoms with Crippen LogP contribution in [0.1, 0.15) is 5.89 Å². The Kier molecular flexibility index (Phi) is 4.46. The fraction of sp³-hybridized carbons (Fsp3) is 0.312. The van der Waals surface area contributed by atoms with E-state index in [4.69, 9.17) is 9.26 Å². The van der Waals surface area contributed by atoms with Crippen molar-refractivity contribution >= 4 is 11.6 Å². The Morgan fingerprint density at radius 3 is 2.96 bits per heavy atom. The Balaban J connectivity index is 1.41. The first kappa shape index (κ1) is 15.5. The summed E-state index contributed by atoms with van der Waals surface area (Å²) < 4.78 is 10.6. The molecule has 1 aliphatic heterocycles. The molecule has 0 saturated carbocycles. The highest BCUT2D eigenvalue weighted by Crippen LogP contribution is 2.17. The zero-order chi connectivity index (χ0) is 16.9. The molecule has 0 atom stereocenters. The van der Waals surface area contributed by atoms with Gasteiger partial charge in [-0.1, -0.05) is 5.16 Å². The van der Waals surface area contributed by atoms with Gasteiger partial charge in [-0.05, 0) is 12.1 Å². The van der Waals surface area contributed by atoms with E-state index in [0.717, 1.165) is 24.5 Å². The fourth-order valence-corrected chi connectivity index (χ4v) is 2.51. The van der Waals surface area contributed by atoms with Gasteiger partial charge < -0.3 is 19.5 Å². The second-order valence-corrected chi connectivity index (χ2v) is 5.47. The number of nitrogens with zero attached hydrogens (tertiary/aromatic N) is 6. The number of anilines is 2. The van der Waals surface area contributed by atoms with Gasteiger partial charge in [0.25, 0.3) is 0 Å². The van der Waals surface area contributed by atoms with Crippen LogP contribution in [0.4, 0.5) is 11.6 Å². The first-order valence-electron chi connectivity index (χ1n) is 8.00. The maximum atomic E-state index is 5.36. The highest BCUT2D eigenvalue weighted by Gasteiger charge is 2.13. The molecule has 0 aromatic carbocycles. The van der Waals surface area contributed by atoms with Crippen LogP contribution in [0.2, 0.25) is 0 Å². The minimum absolute atomic E-state index is 0.382. The lowest BCUT2D eigenvalue weighted by Crippen LogP contribution is -2.36. The van der Waals surface area contributed by atoms with E-state index in [-0.39, 0.29) is 0 Å². The van der Waals surface area contributed by atoms with Crippen molar-refractivity contribution in [3.05, 3.63) is 42.8 Å². The minimum Gasteiger partial charge on any atom is -0.378 e. The summed E-state index contributed by atoms with van der Waals surface area (Å²) in [7, 11) is 0. The lowest BCUT2D eigenvalue weighted by atomic mass is 10.3. The van der Waals surface area contributed by atoms with Crippen molar-refractivity contribution in [1.82, 2.24) is 25.1 Å². The van der Waals surface area contributed by atoms with E-state index in [1.54, 1.807) is 18.7 Å². The summed E-state index contributed by atoms with van der Waals surface area (Å²) in [6.45, 7) is 3.47. The predicted octanol–water partition coefficient (Wildman–Crippen LogP) is 1.37. The van der Waals surface area contributed by atoms with Crippen molar-refractivity contribution in [2.45, 2.75) is 6.54 Å². The second kappa shape index (κ2) is 7.22. The van der Waals surface area contributed by atoms with Crippen LogP contribution < -0.4 is 10.2 Å². The van der Waals surface area contributed by atoms with Gasteiger partial charge in [0, 0.05) is 37.1 Å². The Morgan fingerprint density at radius 1 is 1.20 bits per heavy atom. The second-order valence-electron chi connectivity index (χ2n) is 5.47. The monoisotopic (exact) mass is 339 g/mol. The number of hydrogen-bond acceptors (Lipinski definition) is 9. The van der Waals surface area contributed by atoms with Crippen molar-refractivity contribution in [3.63, 3.8) is 0 Å². The number of nitrogens with one attached hydrogen (secondary N) is 1. The number of pyridine rings is 1. The molecule has 0 radical (unpaired) electrons. The summed E-state index contributed by atoms with van der Waals surface area (Å²) in [5.41, 5.74) is 0.814. The molecule has 1 N–H and O–H groups in total. The lowest BCUT2D eigenvalue weighted by molar-refractivity contribution is 0.122. The van der Waals surface area contributed by atoms with Gasteiger partial charge in [-0.25, -0.2) is 9.97 Å². The molecule has 0 unspecified atom stereocenters. The van der Waals surface area contributed by atoms with E-state index >= 15 is 0 Å². The van der Waals surface area contributed by atoms with Gasteiger partial charge in [-0.15, -0.1) is 0 Å². The van der Waals surface area contributed by atoms with E-state index in [2.05, 4.69) is 35.3 Å². The molecule has 1 saturated heterocycles. The Morgan fingerprint density at radius 2 is 2.12 bits per heavy atom. The van der Waals surface area contributed by atoms with Crippen LogP contribution in [0.5, 0.6) is 0 Å². The van der Waals surface area contributed by atoms with Gasteiger partial charge in [-0.3, -0.25) is 4.98 Å².